The van der Waals surface area contributed by atoms with Crippen LogP contribution >= 0.6 is 0 Å². The average Bonchev–Trinajstić information content (AvgIpc) is 2.27. The molecule has 1 aromatic carbocycles. The molecule has 106 valence electrons. The van der Waals surface area contributed by atoms with Crippen molar-refractivity contribution in [2.75, 3.05) is 0 Å². The van der Waals surface area contributed by atoms with Gasteiger partial charge in [-0.3, -0.25) is 4.79 Å². The van der Waals surface area contributed by atoms with Crippen molar-refractivity contribution in [3.8, 4) is 0 Å². The highest BCUT2D eigenvalue weighted by Gasteiger charge is 2.36. The monoisotopic (exact) mass is 261 g/mol. The fraction of sp³-hybridized carbons (Fsp3) is 0.588. The molecule has 19 heavy (non-hydrogen) atoms. The minimum Gasteiger partial charge on any atom is -0.369 e. The summed E-state index contributed by atoms with van der Waals surface area (Å²) in [6.45, 7) is 12.6. The molecular weight excluding hydrogens is 234 g/mol. The van der Waals surface area contributed by atoms with Crippen LogP contribution in [0, 0.1) is 17.8 Å². The summed E-state index contributed by atoms with van der Waals surface area (Å²) in [5, 5.41) is 0. The lowest BCUT2D eigenvalue weighted by molar-refractivity contribution is -0.127. The topological polar surface area (TPSA) is 43.1 Å². The predicted molar refractivity (Wildman–Crippen MR) is 81.0 cm³/mol. The number of rotatable bonds is 5. The Hall–Kier alpha value is -1.31. The second-order valence-electron chi connectivity index (χ2n) is 7.05. The molecule has 2 nitrogen and oxygen atoms in total. The molecule has 1 atom stereocenters. The summed E-state index contributed by atoms with van der Waals surface area (Å²) in [5.41, 5.74) is 7.63. The van der Waals surface area contributed by atoms with Crippen molar-refractivity contribution >= 4 is 5.91 Å². The minimum absolute atomic E-state index is 0.0216. The van der Waals surface area contributed by atoms with Crippen LogP contribution in [0.3, 0.4) is 0 Å². The van der Waals surface area contributed by atoms with Gasteiger partial charge in [0.2, 0.25) is 5.91 Å². The van der Waals surface area contributed by atoms with E-state index in [1.165, 1.54) is 11.1 Å². The normalized spacial score (nSPS) is 14.2. The van der Waals surface area contributed by atoms with E-state index in [0.717, 1.165) is 6.42 Å². The smallest absolute Gasteiger partial charge is 0.223 e. The molecule has 0 unspecified atom stereocenters. The van der Waals surface area contributed by atoms with E-state index in [1.54, 1.807) is 0 Å². The van der Waals surface area contributed by atoms with Gasteiger partial charge >= 0.3 is 0 Å². The van der Waals surface area contributed by atoms with Crippen molar-refractivity contribution in [1.82, 2.24) is 0 Å². The molecule has 0 spiro atoms. The van der Waals surface area contributed by atoms with Crippen LogP contribution in [-0.2, 0) is 4.79 Å². The standard InChI is InChI=1S/C17H27NO/c1-12-7-9-14(10-8-12)13(2)16(3,4)11-17(5,6)15(18)19/h7-10,13H,11H2,1-6H3,(H2,18,19)/t13-/m0/s1. The largest absolute Gasteiger partial charge is 0.369 e. The van der Waals surface area contributed by atoms with Crippen LogP contribution in [0.2, 0.25) is 0 Å². The van der Waals surface area contributed by atoms with Gasteiger partial charge in [0.15, 0.2) is 0 Å². The van der Waals surface area contributed by atoms with Crippen molar-refractivity contribution in [2.24, 2.45) is 16.6 Å². The highest BCUT2D eigenvalue weighted by atomic mass is 16.1. The Morgan fingerprint density at radius 3 is 2.05 bits per heavy atom. The van der Waals surface area contributed by atoms with Crippen molar-refractivity contribution in [2.45, 2.75) is 53.9 Å². The lowest BCUT2D eigenvalue weighted by atomic mass is 9.66. The second-order valence-corrected chi connectivity index (χ2v) is 7.05. The van der Waals surface area contributed by atoms with E-state index in [9.17, 15) is 4.79 Å². The first kappa shape index (κ1) is 15.7. The molecule has 2 heteroatoms. The van der Waals surface area contributed by atoms with Gasteiger partial charge in [-0.05, 0) is 30.2 Å². The molecule has 0 heterocycles. The Morgan fingerprint density at radius 2 is 1.63 bits per heavy atom. The molecule has 0 saturated heterocycles. The summed E-state index contributed by atoms with van der Waals surface area (Å²) >= 11 is 0. The van der Waals surface area contributed by atoms with Crippen LogP contribution in [-0.4, -0.2) is 5.91 Å². The van der Waals surface area contributed by atoms with E-state index in [1.807, 2.05) is 13.8 Å². The molecule has 0 radical (unpaired) electrons. The van der Waals surface area contributed by atoms with Crippen molar-refractivity contribution in [3.63, 3.8) is 0 Å². The van der Waals surface area contributed by atoms with Crippen LogP contribution in [0.5, 0.6) is 0 Å². The van der Waals surface area contributed by atoms with E-state index < -0.39 is 5.41 Å². The van der Waals surface area contributed by atoms with Crippen LogP contribution in [0.15, 0.2) is 24.3 Å². The zero-order valence-electron chi connectivity index (χ0n) is 13.1. The molecular formula is C17H27NO. The summed E-state index contributed by atoms with van der Waals surface area (Å²) in [7, 11) is 0. The van der Waals surface area contributed by atoms with Crippen LogP contribution in [0.25, 0.3) is 0 Å². The Morgan fingerprint density at radius 1 is 1.16 bits per heavy atom. The van der Waals surface area contributed by atoms with Crippen LogP contribution < -0.4 is 5.73 Å². The zero-order valence-corrected chi connectivity index (χ0v) is 13.1. The van der Waals surface area contributed by atoms with Crippen LogP contribution in [0.4, 0.5) is 0 Å². The Bertz CT molecular complexity index is 443. The molecule has 0 aromatic heterocycles. The Balaban J connectivity index is 2.93. The molecule has 1 rings (SSSR count). The lowest BCUT2D eigenvalue weighted by Crippen LogP contribution is -2.37. The van der Waals surface area contributed by atoms with Gasteiger partial charge in [-0.2, -0.15) is 0 Å². The number of hydrogen-bond acceptors (Lipinski definition) is 1. The van der Waals surface area contributed by atoms with Gasteiger partial charge < -0.3 is 5.73 Å². The maximum atomic E-state index is 11.5. The molecule has 1 amide bonds. The number of aryl methyl sites for hydroxylation is 1. The Labute approximate surface area is 117 Å². The molecule has 0 fully saturated rings. The molecule has 2 N–H and O–H groups in total. The highest BCUT2D eigenvalue weighted by molar-refractivity contribution is 5.79. The number of amides is 1. The van der Waals surface area contributed by atoms with E-state index in [4.69, 9.17) is 5.73 Å². The number of primary amides is 1. The summed E-state index contributed by atoms with van der Waals surface area (Å²) in [6, 6.07) is 8.64. The maximum Gasteiger partial charge on any atom is 0.223 e. The quantitative estimate of drug-likeness (QED) is 0.854. The minimum atomic E-state index is -0.470. The first-order valence-corrected chi connectivity index (χ1v) is 6.93. The third kappa shape index (κ3) is 3.82. The average molecular weight is 261 g/mol. The third-order valence-electron chi connectivity index (χ3n) is 4.31. The summed E-state index contributed by atoms with van der Waals surface area (Å²) < 4.78 is 0. The highest BCUT2D eigenvalue weighted by Crippen LogP contribution is 2.43. The van der Waals surface area contributed by atoms with E-state index in [-0.39, 0.29) is 11.3 Å². The van der Waals surface area contributed by atoms with Gasteiger partial charge in [-0.1, -0.05) is 64.4 Å². The van der Waals surface area contributed by atoms with Gasteiger partial charge in [0.05, 0.1) is 0 Å². The summed E-state index contributed by atoms with van der Waals surface area (Å²) in [5.74, 6) is 0.156. The number of hydrogen-bond donors (Lipinski definition) is 1. The second kappa shape index (κ2) is 5.36. The van der Waals surface area contributed by atoms with Crippen LogP contribution in [0.1, 0.15) is 58.1 Å². The van der Waals surface area contributed by atoms with Crippen molar-refractivity contribution in [1.29, 1.82) is 0 Å². The fourth-order valence-electron chi connectivity index (χ4n) is 2.69. The third-order valence-corrected chi connectivity index (χ3v) is 4.31. The maximum absolute atomic E-state index is 11.5. The van der Waals surface area contributed by atoms with E-state index in [2.05, 4.69) is 52.0 Å². The zero-order chi connectivity index (χ0) is 14.8. The molecule has 1 aromatic rings. The van der Waals surface area contributed by atoms with Crippen molar-refractivity contribution in [3.05, 3.63) is 35.4 Å². The SMILES string of the molecule is Cc1ccc([C@H](C)C(C)(C)CC(C)(C)C(N)=O)cc1. The number of benzene rings is 1. The van der Waals surface area contributed by atoms with E-state index in [0.29, 0.717) is 5.92 Å². The predicted octanol–water partition coefficient (Wildman–Crippen LogP) is 4.03. The van der Waals surface area contributed by atoms with Crippen molar-refractivity contribution < 1.29 is 4.79 Å². The first-order chi connectivity index (χ1) is 8.56. The fourth-order valence-corrected chi connectivity index (χ4v) is 2.69. The van der Waals surface area contributed by atoms with Gasteiger partial charge in [0, 0.05) is 5.41 Å². The first-order valence-electron chi connectivity index (χ1n) is 6.93. The van der Waals surface area contributed by atoms with Gasteiger partial charge in [0.25, 0.3) is 0 Å². The van der Waals surface area contributed by atoms with E-state index >= 15 is 0 Å². The number of carbonyl (C=O) groups excluding carboxylic acids is 1. The van der Waals surface area contributed by atoms with Gasteiger partial charge in [-0.15, -0.1) is 0 Å². The summed E-state index contributed by atoms with van der Waals surface area (Å²) in [6.07, 6.45) is 0.782. The lowest BCUT2D eigenvalue weighted by Gasteiger charge is -2.38. The molecule has 0 aliphatic heterocycles. The molecule has 0 saturated carbocycles. The van der Waals surface area contributed by atoms with Gasteiger partial charge in [0.1, 0.15) is 0 Å². The number of nitrogens with two attached hydrogens (primary N) is 1. The Kier molecular flexibility index (Phi) is 4.44. The molecule has 0 aliphatic carbocycles. The molecule has 0 aliphatic rings. The summed E-state index contributed by atoms with van der Waals surface area (Å²) in [4.78, 5) is 11.5. The number of carbonyl (C=O) groups is 1. The van der Waals surface area contributed by atoms with Gasteiger partial charge in [-0.25, -0.2) is 0 Å². The molecule has 0 bridgehead atoms.